The third-order valence-corrected chi connectivity index (χ3v) is 2.91. The van der Waals surface area contributed by atoms with Crippen LogP contribution in [0.15, 0.2) is 42.5 Å². The maximum Gasteiger partial charge on any atom is 0.330 e. The topological polar surface area (TPSA) is 55.8 Å². The Morgan fingerprint density at radius 2 is 2.05 bits per heavy atom. The Morgan fingerprint density at radius 1 is 1.37 bits per heavy atom. The van der Waals surface area contributed by atoms with Crippen LogP contribution >= 0.6 is 0 Å². The molecule has 19 heavy (non-hydrogen) atoms. The molecule has 0 heterocycles. The summed E-state index contributed by atoms with van der Waals surface area (Å²) < 4.78 is 4.78. The number of allylic oxidation sites excluding steroid dienone is 1. The molecule has 0 radical (unpaired) electrons. The fourth-order valence-electron chi connectivity index (χ4n) is 1.76. The standard InChI is InChI=1S/C15H20O4/c1-3-18-14(16)11-7-8-12-15(2,19-17)13-9-5-4-6-10-13/h4-7,9-11,17H,3,8,12H2,1-2H3. The zero-order valence-corrected chi connectivity index (χ0v) is 11.3. The van der Waals surface area contributed by atoms with Gasteiger partial charge in [-0.25, -0.2) is 9.68 Å². The van der Waals surface area contributed by atoms with E-state index in [1.165, 1.54) is 6.08 Å². The minimum absolute atomic E-state index is 0.353. The van der Waals surface area contributed by atoms with Crippen LogP contribution in [0.2, 0.25) is 0 Å². The summed E-state index contributed by atoms with van der Waals surface area (Å²) in [4.78, 5) is 15.7. The van der Waals surface area contributed by atoms with Gasteiger partial charge in [-0.2, -0.15) is 0 Å². The molecular formula is C15H20O4. The quantitative estimate of drug-likeness (QED) is 0.355. The molecular weight excluding hydrogens is 244 g/mol. The maximum atomic E-state index is 11.1. The number of hydrogen-bond acceptors (Lipinski definition) is 4. The average Bonchev–Trinajstić information content (AvgIpc) is 2.44. The highest BCUT2D eigenvalue weighted by atomic mass is 17.1. The van der Waals surface area contributed by atoms with E-state index >= 15 is 0 Å². The first-order chi connectivity index (χ1) is 9.12. The lowest BCUT2D eigenvalue weighted by Gasteiger charge is -2.25. The number of benzene rings is 1. The summed E-state index contributed by atoms with van der Waals surface area (Å²) in [6.45, 7) is 3.93. The molecule has 4 nitrogen and oxygen atoms in total. The molecule has 0 saturated carbocycles. The number of carbonyl (C=O) groups excluding carboxylic acids is 1. The molecule has 0 saturated heterocycles. The van der Waals surface area contributed by atoms with Gasteiger partial charge in [-0.15, -0.1) is 0 Å². The fraction of sp³-hybridized carbons (Fsp3) is 0.400. The number of carbonyl (C=O) groups is 1. The Kier molecular flexibility index (Phi) is 6.25. The predicted molar refractivity (Wildman–Crippen MR) is 72.5 cm³/mol. The fourth-order valence-corrected chi connectivity index (χ4v) is 1.76. The summed E-state index contributed by atoms with van der Waals surface area (Å²) in [5.74, 6) is -0.353. The summed E-state index contributed by atoms with van der Waals surface area (Å²) in [6.07, 6.45) is 4.28. The van der Waals surface area contributed by atoms with Crippen molar-refractivity contribution >= 4 is 5.97 Å². The second-order valence-corrected chi connectivity index (χ2v) is 4.38. The van der Waals surface area contributed by atoms with E-state index in [1.54, 1.807) is 19.9 Å². The molecule has 1 aromatic carbocycles. The molecule has 0 aliphatic rings. The third kappa shape index (κ3) is 4.85. The summed E-state index contributed by atoms with van der Waals surface area (Å²) in [5.41, 5.74) is 0.113. The van der Waals surface area contributed by atoms with E-state index in [9.17, 15) is 4.79 Å². The van der Waals surface area contributed by atoms with E-state index in [2.05, 4.69) is 4.89 Å². The Morgan fingerprint density at radius 3 is 2.63 bits per heavy atom. The Bertz CT molecular complexity index is 413. The molecule has 0 spiro atoms. The highest BCUT2D eigenvalue weighted by Gasteiger charge is 2.26. The van der Waals surface area contributed by atoms with E-state index in [0.29, 0.717) is 19.4 Å². The molecule has 0 amide bonds. The maximum absolute atomic E-state index is 11.1. The van der Waals surface area contributed by atoms with Gasteiger partial charge in [0.25, 0.3) is 0 Å². The Hall–Kier alpha value is -1.65. The van der Waals surface area contributed by atoms with Crippen LogP contribution in [-0.2, 0) is 20.0 Å². The van der Waals surface area contributed by atoms with Crippen LogP contribution in [-0.4, -0.2) is 17.8 Å². The smallest absolute Gasteiger partial charge is 0.330 e. The normalized spacial score (nSPS) is 14.3. The molecule has 0 aliphatic carbocycles. The van der Waals surface area contributed by atoms with E-state index in [-0.39, 0.29) is 5.97 Å². The van der Waals surface area contributed by atoms with Crippen molar-refractivity contribution < 1.29 is 19.7 Å². The largest absolute Gasteiger partial charge is 0.463 e. The molecule has 1 unspecified atom stereocenters. The number of esters is 1. The summed E-state index contributed by atoms with van der Waals surface area (Å²) >= 11 is 0. The summed E-state index contributed by atoms with van der Waals surface area (Å²) in [6, 6.07) is 9.47. The second kappa shape index (κ2) is 7.71. The highest BCUT2D eigenvalue weighted by molar-refractivity contribution is 5.81. The highest BCUT2D eigenvalue weighted by Crippen LogP contribution is 2.29. The lowest BCUT2D eigenvalue weighted by molar-refractivity contribution is -0.325. The molecule has 1 aromatic rings. The van der Waals surface area contributed by atoms with Gasteiger partial charge < -0.3 is 4.74 Å². The number of hydrogen-bond donors (Lipinski definition) is 1. The Balaban J connectivity index is 2.56. The molecule has 0 fully saturated rings. The van der Waals surface area contributed by atoms with Gasteiger partial charge in [0.15, 0.2) is 0 Å². The van der Waals surface area contributed by atoms with Crippen LogP contribution in [0.3, 0.4) is 0 Å². The van der Waals surface area contributed by atoms with Gasteiger partial charge in [0, 0.05) is 6.08 Å². The van der Waals surface area contributed by atoms with Crippen LogP contribution in [0.1, 0.15) is 32.3 Å². The van der Waals surface area contributed by atoms with E-state index in [4.69, 9.17) is 9.99 Å². The molecule has 104 valence electrons. The summed E-state index contributed by atoms with van der Waals surface area (Å²) in [7, 11) is 0. The molecule has 1 rings (SSSR count). The Labute approximate surface area is 113 Å². The van der Waals surface area contributed by atoms with Crippen molar-refractivity contribution in [3.8, 4) is 0 Å². The molecule has 0 aliphatic heterocycles. The van der Waals surface area contributed by atoms with Gasteiger partial charge in [0.1, 0.15) is 5.60 Å². The van der Waals surface area contributed by atoms with Crippen molar-refractivity contribution in [2.75, 3.05) is 6.61 Å². The summed E-state index contributed by atoms with van der Waals surface area (Å²) in [5, 5.41) is 9.12. The minimum Gasteiger partial charge on any atom is -0.463 e. The monoisotopic (exact) mass is 264 g/mol. The first kappa shape index (κ1) is 15.4. The van der Waals surface area contributed by atoms with Crippen molar-refractivity contribution in [3.63, 3.8) is 0 Å². The number of rotatable bonds is 7. The van der Waals surface area contributed by atoms with Crippen molar-refractivity contribution in [3.05, 3.63) is 48.0 Å². The van der Waals surface area contributed by atoms with E-state index < -0.39 is 5.60 Å². The van der Waals surface area contributed by atoms with Gasteiger partial charge in [0.05, 0.1) is 6.61 Å². The van der Waals surface area contributed by atoms with Gasteiger partial charge >= 0.3 is 5.97 Å². The third-order valence-electron chi connectivity index (χ3n) is 2.91. The van der Waals surface area contributed by atoms with Gasteiger partial charge in [-0.3, -0.25) is 5.26 Å². The van der Waals surface area contributed by atoms with Crippen molar-refractivity contribution in [2.45, 2.75) is 32.3 Å². The SMILES string of the molecule is CCOC(=O)C=CCCC(C)(OO)c1ccccc1. The molecule has 0 aromatic heterocycles. The van der Waals surface area contributed by atoms with Crippen LogP contribution in [0, 0.1) is 0 Å². The molecule has 0 bridgehead atoms. The van der Waals surface area contributed by atoms with Crippen molar-refractivity contribution in [1.82, 2.24) is 0 Å². The molecule has 1 atom stereocenters. The minimum atomic E-state index is -0.778. The number of ether oxygens (including phenoxy) is 1. The van der Waals surface area contributed by atoms with Crippen LogP contribution in [0.5, 0.6) is 0 Å². The van der Waals surface area contributed by atoms with E-state index in [0.717, 1.165) is 5.56 Å². The molecule has 4 heteroatoms. The molecule has 1 N–H and O–H groups in total. The van der Waals surface area contributed by atoms with Crippen LogP contribution < -0.4 is 0 Å². The van der Waals surface area contributed by atoms with Crippen LogP contribution in [0.25, 0.3) is 0 Å². The van der Waals surface area contributed by atoms with Gasteiger partial charge in [0.2, 0.25) is 0 Å². The first-order valence-electron chi connectivity index (χ1n) is 6.34. The van der Waals surface area contributed by atoms with Crippen LogP contribution in [0.4, 0.5) is 0 Å². The van der Waals surface area contributed by atoms with E-state index in [1.807, 2.05) is 30.3 Å². The van der Waals surface area contributed by atoms with Crippen molar-refractivity contribution in [1.29, 1.82) is 0 Å². The first-order valence-corrected chi connectivity index (χ1v) is 6.34. The lowest BCUT2D eigenvalue weighted by atomic mass is 9.91. The second-order valence-electron chi connectivity index (χ2n) is 4.38. The zero-order chi connectivity index (χ0) is 14.1. The average molecular weight is 264 g/mol. The lowest BCUT2D eigenvalue weighted by Crippen LogP contribution is -2.24. The predicted octanol–water partition coefficient (Wildman–Crippen LogP) is 3.29. The van der Waals surface area contributed by atoms with Gasteiger partial charge in [-0.1, -0.05) is 36.4 Å². The van der Waals surface area contributed by atoms with Crippen molar-refractivity contribution in [2.24, 2.45) is 0 Å². The van der Waals surface area contributed by atoms with Gasteiger partial charge in [-0.05, 0) is 32.3 Å². The zero-order valence-electron chi connectivity index (χ0n) is 11.3.